The van der Waals surface area contributed by atoms with E-state index in [0.29, 0.717) is 22.7 Å². The summed E-state index contributed by atoms with van der Waals surface area (Å²) in [6.07, 6.45) is 3.74. The quantitative estimate of drug-likeness (QED) is 0.921. The minimum absolute atomic E-state index is 0. The molecule has 1 atom stereocenters. The van der Waals surface area contributed by atoms with Crippen molar-refractivity contribution in [3.05, 3.63) is 23.8 Å². The lowest BCUT2D eigenvalue weighted by Gasteiger charge is -2.45. The van der Waals surface area contributed by atoms with Gasteiger partial charge >= 0.3 is 0 Å². The number of benzene rings is 1. The Morgan fingerprint density at radius 3 is 2.71 bits per heavy atom. The van der Waals surface area contributed by atoms with E-state index in [1.54, 1.807) is 4.90 Å². The van der Waals surface area contributed by atoms with Crippen LogP contribution in [-0.4, -0.2) is 49.1 Å². The average Bonchev–Trinajstić information content (AvgIpc) is 3.00. The summed E-state index contributed by atoms with van der Waals surface area (Å²) < 4.78 is 5.68. The number of hydrogen-bond donors (Lipinski definition) is 1. The number of halogens is 1. The minimum atomic E-state index is -0.0632. The average molecular weight is 351 g/mol. The summed E-state index contributed by atoms with van der Waals surface area (Å²) in [7, 11) is 3.74. The molecule has 6 nitrogen and oxygen atoms in total. The van der Waals surface area contributed by atoms with E-state index in [0.717, 1.165) is 25.4 Å². The van der Waals surface area contributed by atoms with Gasteiger partial charge in [-0.3, -0.25) is 9.69 Å². The topological polar surface area (TPSA) is 61.6 Å². The number of rotatable bonds is 3. The van der Waals surface area contributed by atoms with Gasteiger partial charge in [-0.15, -0.1) is 12.4 Å². The van der Waals surface area contributed by atoms with Gasteiger partial charge in [-0.25, -0.2) is 0 Å². The third-order valence-electron chi connectivity index (χ3n) is 4.98. The summed E-state index contributed by atoms with van der Waals surface area (Å²) in [5, 5.41) is 3.19. The molecule has 1 amide bonds. The summed E-state index contributed by atoms with van der Waals surface area (Å²) in [4.78, 5) is 21.4. The van der Waals surface area contributed by atoms with Crippen molar-refractivity contribution in [1.82, 2.24) is 15.2 Å². The number of fused-ring (bicyclic) bond motifs is 4. The van der Waals surface area contributed by atoms with Crippen LogP contribution in [0.15, 0.2) is 22.6 Å². The zero-order valence-corrected chi connectivity index (χ0v) is 14.8. The van der Waals surface area contributed by atoms with Crippen LogP contribution in [0.2, 0.25) is 0 Å². The fourth-order valence-electron chi connectivity index (χ4n) is 3.66. The molecule has 0 aliphatic carbocycles. The normalized spacial score (nSPS) is 25.3. The molecule has 0 spiro atoms. The van der Waals surface area contributed by atoms with Crippen molar-refractivity contribution in [2.45, 2.75) is 25.4 Å². The van der Waals surface area contributed by atoms with E-state index >= 15 is 0 Å². The Balaban J connectivity index is 0.00000169. The minimum Gasteiger partial charge on any atom is -0.423 e. The van der Waals surface area contributed by atoms with Crippen molar-refractivity contribution in [1.29, 1.82) is 0 Å². The Hall–Kier alpha value is -1.79. The lowest BCUT2D eigenvalue weighted by Crippen LogP contribution is -2.56. The second-order valence-corrected chi connectivity index (χ2v) is 6.75. The van der Waals surface area contributed by atoms with E-state index in [1.807, 2.05) is 32.3 Å². The number of oxazole rings is 1. The number of amides is 1. The first kappa shape index (κ1) is 17.0. The Bertz CT molecular complexity index is 737. The van der Waals surface area contributed by atoms with Crippen LogP contribution < -0.4 is 10.2 Å². The Morgan fingerprint density at radius 2 is 2.08 bits per heavy atom. The highest BCUT2D eigenvalue weighted by Gasteiger charge is 2.34. The maximum absolute atomic E-state index is 12.7. The van der Waals surface area contributed by atoms with Crippen LogP contribution >= 0.6 is 12.4 Å². The third-order valence-corrected chi connectivity index (χ3v) is 4.98. The second-order valence-electron chi connectivity index (χ2n) is 6.75. The molecular formula is C17H23ClN4O2. The van der Waals surface area contributed by atoms with E-state index in [9.17, 15) is 4.79 Å². The predicted octanol–water partition coefficient (Wildman–Crippen LogP) is 2.49. The molecule has 0 radical (unpaired) electrons. The summed E-state index contributed by atoms with van der Waals surface area (Å²) in [6, 6.07) is 6.02. The summed E-state index contributed by atoms with van der Waals surface area (Å²) in [5.41, 5.74) is 1.86. The summed E-state index contributed by atoms with van der Waals surface area (Å²) >= 11 is 0. The zero-order chi connectivity index (χ0) is 16.0. The summed E-state index contributed by atoms with van der Waals surface area (Å²) in [5.74, 6) is 0.695. The molecule has 3 aliphatic rings. The molecule has 1 N–H and O–H groups in total. The molecule has 3 fully saturated rings. The predicted molar refractivity (Wildman–Crippen MR) is 95.8 cm³/mol. The molecular weight excluding hydrogens is 328 g/mol. The van der Waals surface area contributed by atoms with Gasteiger partial charge < -0.3 is 14.6 Å². The largest absolute Gasteiger partial charge is 0.423 e. The highest BCUT2D eigenvalue weighted by molar-refractivity contribution is 6.04. The number of hydrogen-bond acceptors (Lipinski definition) is 5. The van der Waals surface area contributed by atoms with E-state index in [2.05, 4.69) is 15.2 Å². The molecule has 4 heterocycles. The van der Waals surface area contributed by atoms with Crippen molar-refractivity contribution >= 4 is 35.4 Å². The SMILES string of the molecule is CN(C)c1nc2c(C(=O)N[C@@H]3CC4CCN3CC4)cccc2o1.Cl. The number of carbonyl (C=O) groups is 1. The van der Waals surface area contributed by atoms with Crippen molar-refractivity contribution in [3.8, 4) is 0 Å². The van der Waals surface area contributed by atoms with Crippen molar-refractivity contribution < 1.29 is 9.21 Å². The third kappa shape index (κ3) is 2.96. The van der Waals surface area contributed by atoms with Gasteiger partial charge in [0.15, 0.2) is 5.58 Å². The van der Waals surface area contributed by atoms with Crippen LogP contribution in [-0.2, 0) is 0 Å². The number of piperidine rings is 3. The number of nitrogens with one attached hydrogen (secondary N) is 1. The van der Waals surface area contributed by atoms with Gasteiger partial charge in [0.1, 0.15) is 5.52 Å². The van der Waals surface area contributed by atoms with Gasteiger partial charge in [-0.1, -0.05) is 6.07 Å². The number of aromatic nitrogens is 1. The van der Waals surface area contributed by atoms with Crippen LogP contribution in [0, 0.1) is 5.92 Å². The van der Waals surface area contributed by atoms with Crippen LogP contribution in [0.25, 0.3) is 11.1 Å². The molecule has 2 aromatic rings. The number of para-hydroxylation sites is 1. The molecule has 0 saturated carbocycles. The first-order chi connectivity index (χ1) is 11.1. The van der Waals surface area contributed by atoms with Crippen molar-refractivity contribution in [3.63, 3.8) is 0 Å². The Kier molecular flexibility index (Phi) is 4.69. The van der Waals surface area contributed by atoms with E-state index in [-0.39, 0.29) is 24.5 Å². The van der Waals surface area contributed by atoms with E-state index in [4.69, 9.17) is 4.42 Å². The van der Waals surface area contributed by atoms with Crippen molar-refractivity contribution in [2.24, 2.45) is 5.92 Å². The smallest absolute Gasteiger partial charge is 0.297 e. The molecule has 3 saturated heterocycles. The highest BCUT2D eigenvalue weighted by atomic mass is 35.5. The van der Waals surface area contributed by atoms with Crippen LogP contribution in [0.1, 0.15) is 29.6 Å². The molecule has 1 aromatic heterocycles. The molecule has 24 heavy (non-hydrogen) atoms. The van der Waals surface area contributed by atoms with E-state index in [1.165, 1.54) is 12.8 Å². The van der Waals surface area contributed by atoms with Gasteiger partial charge in [0, 0.05) is 27.2 Å². The molecule has 7 heteroatoms. The molecule has 5 rings (SSSR count). The molecule has 1 aromatic carbocycles. The lowest BCUT2D eigenvalue weighted by molar-refractivity contribution is 0.0295. The lowest BCUT2D eigenvalue weighted by atomic mass is 9.86. The fourth-order valence-corrected chi connectivity index (χ4v) is 3.66. The van der Waals surface area contributed by atoms with Crippen LogP contribution in [0.4, 0.5) is 6.01 Å². The molecule has 130 valence electrons. The summed E-state index contributed by atoms with van der Waals surface area (Å²) in [6.45, 7) is 2.18. The first-order valence-electron chi connectivity index (χ1n) is 8.23. The maximum Gasteiger partial charge on any atom is 0.297 e. The maximum atomic E-state index is 12.7. The molecule has 3 aliphatic heterocycles. The number of anilines is 1. The Morgan fingerprint density at radius 1 is 1.33 bits per heavy atom. The van der Waals surface area contributed by atoms with Gasteiger partial charge in [0.05, 0.1) is 11.7 Å². The monoisotopic (exact) mass is 350 g/mol. The highest BCUT2D eigenvalue weighted by Crippen LogP contribution is 2.31. The van der Waals surface area contributed by atoms with Crippen LogP contribution in [0.5, 0.6) is 0 Å². The number of nitrogens with zero attached hydrogens (tertiary/aromatic N) is 3. The molecule has 2 bridgehead atoms. The zero-order valence-electron chi connectivity index (χ0n) is 14.0. The van der Waals surface area contributed by atoms with E-state index < -0.39 is 0 Å². The Labute approximate surface area is 147 Å². The number of carbonyl (C=O) groups excluding carboxylic acids is 1. The first-order valence-corrected chi connectivity index (χ1v) is 8.23. The standard InChI is InChI=1S/C17H22N4O2.ClH/c1-20(2)17-19-15-12(4-3-5-13(15)23-17)16(22)18-14-10-11-6-8-21(14)9-7-11;/h3-5,11,14H,6-10H2,1-2H3,(H,18,22);1H/t14-;/m0./s1. The van der Waals surface area contributed by atoms with Crippen LogP contribution in [0.3, 0.4) is 0 Å². The van der Waals surface area contributed by atoms with Gasteiger partial charge in [-0.05, 0) is 37.3 Å². The second kappa shape index (κ2) is 6.61. The van der Waals surface area contributed by atoms with Gasteiger partial charge in [0.25, 0.3) is 11.9 Å². The van der Waals surface area contributed by atoms with Gasteiger partial charge in [0.2, 0.25) is 0 Å². The van der Waals surface area contributed by atoms with Crippen molar-refractivity contribution in [2.75, 3.05) is 32.1 Å². The fraction of sp³-hybridized carbons (Fsp3) is 0.529. The van der Waals surface area contributed by atoms with Gasteiger partial charge in [-0.2, -0.15) is 4.98 Å². The molecule has 0 unspecified atom stereocenters.